The van der Waals surface area contributed by atoms with Crippen molar-refractivity contribution in [1.82, 2.24) is 4.90 Å². The number of rotatable bonds is 6. The third-order valence-corrected chi connectivity index (χ3v) is 3.33. The molecule has 1 atom stereocenters. The van der Waals surface area contributed by atoms with E-state index in [0.29, 0.717) is 18.0 Å². The zero-order chi connectivity index (χ0) is 14.4. The zero-order valence-corrected chi connectivity index (χ0v) is 12.6. The molecule has 0 aromatic heterocycles. The Bertz CT molecular complexity index is 431. The van der Waals surface area contributed by atoms with Gasteiger partial charge in [-0.3, -0.25) is 4.79 Å². The summed E-state index contributed by atoms with van der Waals surface area (Å²) in [5, 5.41) is 0. The maximum absolute atomic E-state index is 12.3. The van der Waals surface area contributed by atoms with E-state index in [1.807, 2.05) is 56.0 Å². The average Bonchev–Trinajstić information content (AvgIpc) is 2.39. The highest BCUT2D eigenvalue weighted by atomic mass is 32.1. The van der Waals surface area contributed by atoms with Gasteiger partial charge in [0.15, 0.2) is 0 Å². The largest absolute Gasteiger partial charge is 0.393 e. The Labute approximate surface area is 120 Å². The number of nitrogens with two attached hydrogens (primary N) is 1. The lowest BCUT2D eigenvalue weighted by Gasteiger charge is -2.31. The number of hydrogen-bond donors (Lipinski definition) is 1. The zero-order valence-electron chi connectivity index (χ0n) is 11.8. The first-order valence-electron chi connectivity index (χ1n) is 6.57. The fraction of sp³-hybridized carbons (Fsp3) is 0.467. The Morgan fingerprint density at radius 1 is 1.26 bits per heavy atom. The highest BCUT2D eigenvalue weighted by molar-refractivity contribution is 7.80. The fourth-order valence-electron chi connectivity index (χ4n) is 1.97. The predicted octanol–water partition coefficient (Wildman–Crippen LogP) is 2.91. The summed E-state index contributed by atoms with van der Waals surface area (Å²) in [5.74, 6) is 0.102. The van der Waals surface area contributed by atoms with E-state index in [1.54, 1.807) is 0 Å². The van der Waals surface area contributed by atoms with Gasteiger partial charge in [0.05, 0.1) is 11.0 Å². The lowest BCUT2D eigenvalue weighted by atomic mass is 10.0. The molecule has 0 aliphatic heterocycles. The van der Waals surface area contributed by atoms with Crippen LogP contribution in [0.1, 0.15) is 38.8 Å². The van der Waals surface area contributed by atoms with Crippen molar-refractivity contribution in [2.75, 3.05) is 6.54 Å². The molecule has 19 heavy (non-hydrogen) atoms. The fourth-order valence-corrected chi connectivity index (χ4v) is 2.06. The summed E-state index contributed by atoms with van der Waals surface area (Å²) in [6, 6.07) is 10.0. The molecule has 0 saturated heterocycles. The Morgan fingerprint density at radius 3 is 2.32 bits per heavy atom. The number of nitrogens with zero attached hydrogens (tertiary/aromatic N) is 1. The van der Waals surface area contributed by atoms with E-state index in [9.17, 15) is 4.79 Å². The van der Waals surface area contributed by atoms with Gasteiger partial charge in [0.2, 0.25) is 5.91 Å². The van der Waals surface area contributed by atoms with E-state index >= 15 is 0 Å². The van der Waals surface area contributed by atoms with Crippen LogP contribution in [0.15, 0.2) is 30.3 Å². The Kier molecular flexibility index (Phi) is 5.96. The van der Waals surface area contributed by atoms with Crippen LogP contribution in [-0.2, 0) is 4.79 Å². The predicted molar refractivity (Wildman–Crippen MR) is 82.8 cm³/mol. The van der Waals surface area contributed by atoms with E-state index in [1.165, 1.54) is 0 Å². The van der Waals surface area contributed by atoms with E-state index in [2.05, 4.69) is 0 Å². The minimum atomic E-state index is -0.0301. The summed E-state index contributed by atoms with van der Waals surface area (Å²) < 4.78 is 0. The lowest BCUT2D eigenvalue weighted by molar-refractivity contribution is -0.136. The van der Waals surface area contributed by atoms with Gasteiger partial charge >= 0.3 is 0 Å². The summed E-state index contributed by atoms with van der Waals surface area (Å²) in [7, 11) is 0. The standard InChI is InChI=1S/C15H22N2OS/c1-11(2)15(18)17(10-9-14(16)19)12(3)13-7-5-4-6-8-13/h4-8,11-12H,9-10H2,1-3H3,(H2,16,19). The molecule has 1 aromatic carbocycles. The van der Waals surface area contributed by atoms with Crippen molar-refractivity contribution in [2.45, 2.75) is 33.2 Å². The van der Waals surface area contributed by atoms with Crippen LogP contribution < -0.4 is 5.73 Å². The second-order valence-electron chi connectivity index (χ2n) is 4.99. The number of amides is 1. The molecule has 1 amide bonds. The van der Waals surface area contributed by atoms with Gasteiger partial charge in [0.25, 0.3) is 0 Å². The van der Waals surface area contributed by atoms with Crippen molar-refractivity contribution in [3.05, 3.63) is 35.9 Å². The monoisotopic (exact) mass is 278 g/mol. The molecular weight excluding hydrogens is 256 g/mol. The summed E-state index contributed by atoms with van der Waals surface area (Å²) in [4.78, 5) is 14.6. The molecule has 1 aromatic rings. The molecule has 0 fully saturated rings. The second kappa shape index (κ2) is 7.24. The molecule has 0 spiro atoms. The summed E-state index contributed by atoms with van der Waals surface area (Å²) in [6.45, 7) is 6.43. The quantitative estimate of drug-likeness (QED) is 0.814. The number of carbonyl (C=O) groups excluding carboxylic acids is 1. The van der Waals surface area contributed by atoms with E-state index in [-0.39, 0.29) is 17.9 Å². The average molecular weight is 278 g/mol. The summed E-state index contributed by atoms with van der Waals surface area (Å²) >= 11 is 4.91. The molecule has 0 aliphatic rings. The Balaban J connectivity index is 2.89. The Hall–Kier alpha value is -1.42. The van der Waals surface area contributed by atoms with Crippen LogP contribution in [0, 0.1) is 5.92 Å². The molecule has 0 heterocycles. The van der Waals surface area contributed by atoms with Crippen LogP contribution in [0.25, 0.3) is 0 Å². The van der Waals surface area contributed by atoms with Gasteiger partial charge < -0.3 is 10.6 Å². The number of carbonyl (C=O) groups is 1. The molecule has 1 rings (SSSR count). The van der Waals surface area contributed by atoms with Crippen LogP contribution in [0.4, 0.5) is 0 Å². The number of thiocarbonyl (C=S) groups is 1. The van der Waals surface area contributed by atoms with Crippen molar-refractivity contribution < 1.29 is 4.79 Å². The first-order chi connectivity index (χ1) is 8.93. The third-order valence-electron chi connectivity index (χ3n) is 3.13. The molecule has 1 unspecified atom stereocenters. The minimum absolute atomic E-state index is 0.0301. The highest BCUT2D eigenvalue weighted by Crippen LogP contribution is 2.22. The minimum Gasteiger partial charge on any atom is -0.393 e. The van der Waals surface area contributed by atoms with Gasteiger partial charge in [0, 0.05) is 18.9 Å². The van der Waals surface area contributed by atoms with Gasteiger partial charge in [-0.05, 0) is 12.5 Å². The summed E-state index contributed by atoms with van der Waals surface area (Å²) in [5.41, 5.74) is 6.67. The molecule has 2 N–H and O–H groups in total. The SMILES string of the molecule is CC(C)C(=O)N(CCC(N)=S)C(C)c1ccccc1. The van der Waals surface area contributed by atoms with Gasteiger partial charge in [-0.25, -0.2) is 0 Å². The van der Waals surface area contributed by atoms with Crippen molar-refractivity contribution >= 4 is 23.1 Å². The van der Waals surface area contributed by atoms with Gasteiger partial charge in [-0.15, -0.1) is 0 Å². The van der Waals surface area contributed by atoms with Gasteiger partial charge in [-0.2, -0.15) is 0 Å². The van der Waals surface area contributed by atoms with Crippen molar-refractivity contribution in [3.63, 3.8) is 0 Å². The van der Waals surface area contributed by atoms with E-state index < -0.39 is 0 Å². The molecule has 3 nitrogen and oxygen atoms in total. The lowest BCUT2D eigenvalue weighted by Crippen LogP contribution is -2.38. The first-order valence-corrected chi connectivity index (χ1v) is 6.98. The van der Waals surface area contributed by atoms with Crippen LogP contribution in [0.5, 0.6) is 0 Å². The van der Waals surface area contributed by atoms with Crippen molar-refractivity contribution in [3.8, 4) is 0 Å². The van der Waals surface area contributed by atoms with Gasteiger partial charge in [0.1, 0.15) is 0 Å². The van der Waals surface area contributed by atoms with Crippen LogP contribution in [0.2, 0.25) is 0 Å². The van der Waals surface area contributed by atoms with Crippen molar-refractivity contribution in [2.24, 2.45) is 11.7 Å². The number of benzene rings is 1. The molecule has 4 heteroatoms. The van der Waals surface area contributed by atoms with Crippen LogP contribution in [0.3, 0.4) is 0 Å². The van der Waals surface area contributed by atoms with Crippen LogP contribution in [-0.4, -0.2) is 22.3 Å². The van der Waals surface area contributed by atoms with Crippen molar-refractivity contribution in [1.29, 1.82) is 0 Å². The summed E-state index contributed by atoms with van der Waals surface area (Å²) in [6.07, 6.45) is 0.560. The van der Waals surface area contributed by atoms with Crippen LogP contribution >= 0.6 is 12.2 Å². The van der Waals surface area contributed by atoms with Gasteiger partial charge in [-0.1, -0.05) is 56.4 Å². The maximum atomic E-state index is 12.3. The van der Waals surface area contributed by atoms with E-state index in [0.717, 1.165) is 5.56 Å². The Morgan fingerprint density at radius 2 is 1.84 bits per heavy atom. The third kappa shape index (κ3) is 4.63. The second-order valence-corrected chi connectivity index (χ2v) is 5.51. The molecule has 0 aliphatic carbocycles. The first kappa shape index (κ1) is 15.6. The topological polar surface area (TPSA) is 46.3 Å². The van der Waals surface area contributed by atoms with E-state index in [4.69, 9.17) is 18.0 Å². The molecular formula is C15H22N2OS. The molecule has 0 saturated carbocycles. The highest BCUT2D eigenvalue weighted by Gasteiger charge is 2.23. The molecule has 0 bridgehead atoms. The number of hydrogen-bond acceptors (Lipinski definition) is 2. The normalized spacial score (nSPS) is 12.2. The molecule has 104 valence electrons. The maximum Gasteiger partial charge on any atom is 0.225 e. The smallest absolute Gasteiger partial charge is 0.225 e. The molecule has 0 radical (unpaired) electrons.